The van der Waals surface area contributed by atoms with Gasteiger partial charge in [0.1, 0.15) is 0 Å². The van der Waals surface area contributed by atoms with Crippen LogP contribution >= 0.6 is 11.8 Å². The van der Waals surface area contributed by atoms with Gasteiger partial charge in [-0.3, -0.25) is 4.79 Å². The van der Waals surface area contributed by atoms with E-state index in [4.69, 9.17) is 5.11 Å². The number of aromatic amines is 1. The minimum Gasteiger partial charge on any atom is -0.396 e. The number of nitrogens with zero attached hydrogens (tertiary/aromatic N) is 1. The van der Waals surface area contributed by atoms with E-state index in [0.717, 1.165) is 24.2 Å². The lowest BCUT2D eigenvalue weighted by atomic mass is 10.2. The molecule has 0 spiro atoms. The van der Waals surface area contributed by atoms with Gasteiger partial charge in [0.2, 0.25) is 0 Å². The standard InChI is InChI=1S/C15H14F2N2O2S/c16-11-3-1-2-8(14(11)17)7-22-15-18-12(5-13(21)19-15)10-4-9(10)6-20/h1-3,5,9-10,20H,4,6-7H2,(H,18,19,21)/t9-,10+/m1/s1. The molecule has 2 aromatic rings. The highest BCUT2D eigenvalue weighted by molar-refractivity contribution is 7.98. The largest absolute Gasteiger partial charge is 0.396 e. The Morgan fingerprint density at radius 2 is 2.23 bits per heavy atom. The first-order valence-electron chi connectivity index (χ1n) is 6.86. The van der Waals surface area contributed by atoms with Crippen molar-refractivity contribution in [3.63, 3.8) is 0 Å². The number of H-pyrrole nitrogens is 1. The summed E-state index contributed by atoms with van der Waals surface area (Å²) in [6.07, 6.45) is 0.815. The smallest absolute Gasteiger partial charge is 0.251 e. The molecule has 3 rings (SSSR count). The van der Waals surface area contributed by atoms with Crippen LogP contribution in [0.5, 0.6) is 0 Å². The Bertz CT molecular complexity index is 751. The van der Waals surface area contributed by atoms with Crippen LogP contribution in [0.4, 0.5) is 8.78 Å². The molecule has 1 aromatic carbocycles. The number of rotatable bonds is 5. The number of aromatic nitrogens is 2. The molecular weight excluding hydrogens is 310 g/mol. The lowest BCUT2D eigenvalue weighted by molar-refractivity contribution is 0.273. The third-order valence-electron chi connectivity index (χ3n) is 3.67. The summed E-state index contributed by atoms with van der Waals surface area (Å²) in [5.74, 6) is -1.33. The number of hydrogen-bond acceptors (Lipinski definition) is 4. The van der Waals surface area contributed by atoms with E-state index in [2.05, 4.69) is 9.97 Å². The maximum atomic E-state index is 13.6. The van der Waals surface area contributed by atoms with Gasteiger partial charge in [-0.2, -0.15) is 0 Å². The highest BCUT2D eigenvalue weighted by Gasteiger charge is 2.39. The molecular formula is C15H14F2N2O2S. The van der Waals surface area contributed by atoms with E-state index >= 15 is 0 Å². The minimum absolute atomic E-state index is 0.0795. The average Bonchev–Trinajstić information content (AvgIpc) is 3.28. The SMILES string of the molecule is O=c1cc([C@H]2C[C@@H]2CO)nc(SCc2cccc(F)c2F)[nH]1. The Labute approximate surface area is 129 Å². The van der Waals surface area contributed by atoms with Crippen LogP contribution in [-0.4, -0.2) is 21.7 Å². The Kier molecular flexibility index (Phi) is 4.26. The fourth-order valence-electron chi connectivity index (χ4n) is 2.33. The molecule has 0 aliphatic heterocycles. The van der Waals surface area contributed by atoms with Crippen molar-refractivity contribution in [2.24, 2.45) is 5.92 Å². The van der Waals surface area contributed by atoms with Gasteiger partial charge in [-0.1, -0.05) is 23.9 Å². The third-order valence-corrected chi connectivity index (χ3v) is 4.59. The third kappa shape index (κ3) is 3.20. The summed E-state index contributed by atoms with van der Waals surface area (Å²) >= 11 is 1.14. The number of thioether (sulfide) groups is 1. The van der Waals surface area contributed by atoms with Crippen molar-refractivity contribution in [2.45, 2.75) is 23.2 Å². The molecule has 2 N–H and O–H groups in total. The van der Waals surface area contributed by atoms with Crippen molar-refractivity contribution in [2.75, 3.05) is 6.61 Å². The van der Waals surface area contributed by atoms with Crippen LogP contribution in [0.15, 0.2) is 34.2 Å². The average molecular weight is 324 g/mol. The molecule has 1 aromatic heterocycles. The first-order chi connectivity index (χ1) is 10.6. The predicted molar refractivity (Wildman–Crippen MR) is 78.7 cm³/mol. The van der Waals surface area contributed by atoms with E-state index in [-0.39, 0.29) is 35.3 Å². The normalized spacial score (nSPS) is 20.1. The predicted octanol–water partition coefficient (Wildman–Crippen LogP) is 2.44. The molecule has 0 bridgehead atoms. The highest BCUT2D eigenvalue weighted by Crippen LogP contribution is 2.46. The summed E-state index contributed by atoms with van der Waals surface area (Å²) in [4.78, 5) is 18.6. The summed E-state index contributed by atoms with van der Waals surface area (Å²) in [7, 11) is 0. The van der Waals surface area contributed by atoms with Gasteiger partial charge in [-0.15, -0.1) is 0 Å². The van der Waals surface area contributed by atoms with Gasteiger partial charge >= 0.3 is 0 Å². The summed E-state index contributed by atoms with van der Waals surface area (Å²) in [6, 6.07) is 5.42. The first-order valence-corrected chi connectivity index (χ1v) is 7.85. The monoisotopic (exact) mass is 324 g/mol. The van der Waals surface area contributed by atoms with Gasteiger partial charge < -0.3 is 10.1 Å². The molecule has 2 atom stereocenters. The molecule has 116 valence electrons. The van der Waals surface area contributed by atoms with Gasteiger partial charge in [-0.05, 0) is 18.4 Å². The lowest BCUT2D eigenvalue weighted by Crippen LogP contribution is -2.10. The lowest BCUT2D eigenvalue weighted by Gasteiger charge is -2.05. The van der Waals surface area contributed by atoms with Crippen LogP contribution in [-0.2, 0) is 5.75 Å². The zero-order valence-corrected chi connectivity index (χ0v) is 12.4. The van der Waals surface area contributed by atoms with Crippen molar-refractivity contribution in [3.8, 4) is 0 Å². The fourth-order valence-corrected chi connectivity index (χ4v) is 3.19. The summed E-state index contributed by atoms with van der Waals surface area (Å²) in [6.45, 7) is 0.0795. The maximum Gasteiger partial charge on any atom is 0.251 e. The number of halogens is 2. The van der Waals surface area contributed by atoms with Crippen LogP contribution in [0.2, 0.25) is 0 Å². The molecule has 0 radical (unpaired) electrons. The van der Waals surface area contributed by atoms with Crippen molar-refractivity contribution in [1.29, 1.82) is 0 Å². The Balaban J connectivity index is 1.75. The quantitative estimate of drug-likeness (QED) is 0.655. The Morgan fingerprint density at radius 1 is 1.41 bits per heavy atom. The zero-order valence-electron chi connectivity index (χ0n) is 11.6. The van der Waals surface area contributed by atoms with Crippen LogP contribution in [0, 0.1) is 17.6 Å². The van der Waals surface area contributed by atoms with Crippen molar-refractivity contribution < 1.29 is 13.9 Å². The van der Waals surface area contributed by atoms with Crippen molar-refractivity contribution >= 4 is 11.8 Å². The van der Waals surface area contributed by atoms with Crippen molar-refractivity contribution in [1.82, 2.24) is 9.97 Å². The molecule has 0 unspecified atom stereocenters. The van der Waals surface area contributed by atoms with Gasteiger partial charge in [0.05, 0.1) is 5.69 Å². The highest BCUT2D eigenvalue weighted by atomic mass is 32.2. The van der Waals surface area contributed by atoms with Gasteiger partial charge in [-0.25, -0.2) is 13.8 Å². The first kappa shape index (κ1) is 15.2. The van der Waals surface area contributed by atoms with Gasteiger partial charge in [0, 0.05) is 29.9 Å². The molecule has 1 aliphatic carbocycles. The number of benzene rings is 1. The van der Waals surface area contributed by atoms with E-state index in [9.17, 15) is 13.6 Å². The maximum absolute atomic E-state index is 13.6. The number of aliphatic hydroxyl groups is 1. The van der Waals surface area contributed by atoms with Crippen LogP contribution in [0.1, 0.15) is 23.6 Å². The topological polar surface area (TPSA) is 66.0 Å². The van der Waals surface area contributed by atoms with E-state index < -0.39 is 11.6 Å². The van der Waals surface area contributed by atoms with E-state index in [1.807, 2.05) is 0 Å². The number of hydrogen-bond donors (Lipinski definition) is 2. The molecule has 0 amide bonds. The number of nitrogens with one attached hydrogen (secondary N) is 1. The molecule has 1 aliphatic rings. The molecule has 1 heterocycles. The van der Waals surface area contributed by atoms with Crippen LogP contribution in [0.3, 0.4) is 0 Å². The molecule has 1 fully saturated rings. The fraction of sp³-hybridized carbons (Fsp3) is 0.333. The van der Waals surface area contributed by atoms with E-state index in [0.29, 0.717) is 10.9 Å². The van der Waals surface area contributed by atoms with Crippen LogP contribution in [0.25, 0.3) is 0 Å². The second kappa shape index (κ2) is 6.18. The summed E-state index contributed by atoms with van der Waals surface area (Å²) < 4.78 is 26.7. The Morgan fingerprint density at radius 3 is 2.95 bits per heavy atom. The van der Waals surface area contributed by atoms with Gasteiger partial charge in [0.15, 0.2) is 16.8 Å². The second-order valence-electron chi connectivity index (χ2n) is 5.26. The number of aliphatic hydroxyl groups excluding tert-OH is 1. The molecule has 22 heavy (non-hydrogen) atoms. The van der Waals surface area contributed by atoms with Crippen LogP contribution < -0.4 is 5.56 Å². The van der Waals surface area contributed by atoms with E-state index in [1.165, 1.54) is 18.2 Å². The molecule has 7 heteroatoms. The van der Waals surface area contributed by atoms with E-state index in [1.54, 1.807) is 0 Å². The Hall–Kier alpha value is -1.73. The molecule has 4 nitrogen and oxygen atoms in total. The zero-order chi connectivity index (χ0) is 15.7. The summed E-state index contributed by atoms with van der Waals surface area (Å²) in [5.41, 5.74) is 0.582. The minimum atomic E-state index is -0.892. The summed E-state index contributed by atoms with van der Waals surface area (Å²) in [5, 5.41) is 9.46. The van der Waals surface area contributed by atoms with Crippen molar-refractivity contribution in [3.05, 3.63) is 57.5 Å². The molecule has 0 saturated heterocycles. The second-order valence-corrected chi connectivity index (χ2v) is 6.23. The van der Waals surface area contributed by atoms with Gasteiger partial charge in [0.25, 0.3) is 5.56 Å². The molecule has 1 saturated carbocycles.